The Morgan fingerprint density at radius 2 is 1.75 bits per heavy atom. The summed E-state index contributed by atoms with van der Waals surface area (Å²) >= 11 is 5.74. The van der Waals surface area contributed by atoms with Crippen LogP contribution in [0.25, 0.3) is 0 Å². The van der Waals surface area contributed by atoms with Gasteiger partial charge in [-0.3, -0.25) is 14.4 Å². The van der Waals surface area contributed by atoms with Crippen molar-refractivity contribution < 1.29 is 19.1 Å². The lowest BCUT2D eigenvalue weighted by atomic mass is 9.95. The molecule has 0 saturated heterocycles. The van der Waals surface area contributed by atoms with E-state index in [0.29, 0.717) is 10.6 Å². The van der Waals surface area contributed by atoms with Crippen molar-refractivity contribution in [3.63, 3.8) is 0 Å². The number of carbonyl (C=O) groups is 3. The SMILES string of the molecule is O=C(COC(=O)CNC(=O)c1ccc(Cl)cc1)NC1CCCCC1. The van der Waals surface area contributed by atoms with Crippen LogP contribution in [0.2, 0.25) is 5.02 Å². The van der Waals surface area contributed by atoms with Gasteiger partial charge in [0.2, 0.25) is 0 Å². The van der Waals surface area contributed by atoms with E-state index in [0.717, 1.165) is 25.7 Å². The second-order valence-corrected chi connectivity index (χ2v) is 6.19. The molecule has 7 heteroatoms. The summed E-state index contributed by atoms with van der Waals surface area (Å²) in [5, 5.41) is 5.81. The van der Waals surface area contributed by atoms with Crippen LogP contribution in [0.1, 0.15) is 42.5 Å². The van der Waals surface area contributed by atoms with Gasteiger partial charge in [-0.1, -0.05) is 30.9 Å². The van der Waals surface area contributed by atoms with Crippen molar-refractivity contribution in [3.8, 4) is 0 Å². The van der Waals surface area contributed by atoms with Gasteiger partial charge in [0.1, 0.15) is 6.54 Å². The van der Waals surface area contributed by atoms with Crippen LogP contribution >= 0.6 is 11.6 Å². The summed E-state index contributed by atoms with van der Waals surface area (Å²) in [4.78, 5) is 35.1. The normalized spacial score (nSPS) is 14.7. The molecule has 1 aliphatic carbocycles. The number of nitrogens with one attached hydrogen (secondary N) is 2. The third-order valence-electron chi connectivity index (χ3n) is 3.83. The van der Waals surface area contributed by atoms with Crippen LogP contribution in [0.4, 0.5) is 0 Å². The van der Waals surface area contributed by atoms with Gasteiger partial charge in [0.25, 0.3) is 11.8 Å². The highest BCUT2D eigenvalue weighted by Crippen LogP contribution is 2.17. The molecule has 1 fully saturated rings. The molecule has 2 N–H and O–H groups in total. The maximum Gasteiger partial charge on any atom is 0.325 e. The van der Waals surface area contributed by atoms with Gasteiger partial charge in [-0.2, -0.15) is 0 Å². The maximum atomic E-state index is 11.8. The number of benzene rings is 1. The van der Waals surface area contributed by atoms with Crippen LogP contribution in [-0.2, 0) is 14.3 Å². The molecule has 24 heavy (non-hydrogen) atoms. The number of hydrogen-bond donors (Lipinski definition) is 2. The first kappa shape index (κ1) is 18.3. The molecular weight excluding hydrogens is 332 g/mol. The van der Waals surface area contributed by atoms with E-state index in [-0.39, 0.29) is 25.1 Å². The molecule has 1 saturated carbocycles. The van der Waals surface area contributed by atoms with Gasteiger partial charge in [0, 0.05) is 16.6 Å². The highest BCUT2D eigenvalue weighted by atomic mass is 35.5. The average molecular weight is 353 g/mol. The molecule has 0 radical (unpaired) electrons. The molecule has 130 valence electrons. The molecule has 2 rings (SSSR count). The molecule has 0 bridgehead atoms. The minimum Gasteiger partial charge on any atom is -0.454 e. The molecule has 6 nitrogen and oxygen atoms in total. The van der Waals surface area contributed by atoms with Gasteiger partial charge in [0.15, 0.2) is 6.61 Å². The highest BCUT2D eigenvalue weighted by Gasteiger charge is 2.16. The van der Waals surface area contributed by atoms with Crippen LogP contribution in [0.5, 0.6) is 0 Å². The number of ether oxygens (including phenoxy) is 1. The van der Waals surface area contributed by atoms with E-state index in [1.165, 1.54) is 6.42 Å². The molecule has 0 atom stereocenters. The Kier molecular flexibility index (Phi) is 7.06. The van der Waals surface area contributed by atoms with E-state index in [2.05, 4.69) is 10.6 Å². The molecule has 1 aromatic carbocycles. The Bertz CT molecular complexity index is 583. The van der Waals surface area contributed by atoms with E-state index in [9.17, 15) is 14.4 Å². The fourth-order valence-corrected chi connectivity index (χ4v) is 2.70. The summed E-state index contributed by atoms with van der Waals surface area (Å²) in [5.41, 5.74) is 0.391. The predicted molar refractivity (Wildman–Crippen MR) is 89.8 cm³/mol. The Morgan fingerprint density at radius 1 is 1.08 bits per heavy atom. The largest absolute Gasteiger partial charge is 0.454 e. The van der Waals surface area contributed by atoms with Crippen LogP contribution in [0, 0.1) is 0 Å². The number of amides is 2. The van der Waals surface area contributed by atoms with Gasteiger partial charge in [-0.15, -0.1) is 0 Å². The second-order valence-electron chi connectivity index (χ2n) is 5.75. The third-order valence-corrected chi connectivity index (χ3v) is 4.09. The number of halogens is 1. The highest BCUT2D eigenvalue weighted by molar-refractivity contribution is 6.30. The molecule has 0 aromatic heterocycles. The van der Waals surface area contributed by atoms with E-state index in [4.69, 9.17) is 16.3 Å². The van der Waals surface area contributed by atoms with Gasteiger partial charge < -0.3 is 15.4 Å². The van der Waals surface area contributed by atoms with E-state index >= 15 is 0 Å². The zero-order valence-electron chi connectivity index (χ0n) is 13.3. The summed E-state index contributed by atoms with van der Waals surface area (Å²) in [7, 11) is 0. The standard InChI is InChI=1S/C17H21ClN2O4/c18-13-8-6-12(7-9-13)17(23)19-10-16(22)24-11-15(21)20-14-4-2-1-3-5-14/h6-9,14H,1-5,10-11H2,(H,19,23)(H,20,21). The fraction of sp³-hybridized carbons (Fsp3) is 0.471. The molecule has 2 amide bonds. The Morgan fingerprint density at radius 3 is 2.42 bits per heavy atom. The zero-order chi connectivity index (χ0) is 17.4. The van der Waals surface area contributed by atoms with E-state index < -0.39 is 11.9 Å². The topological polar surface area (TPSA) is 84.5 Å². The summed E-state index contributed by atoms with van der Waals surface area (Å²) in [6, 6.07) is 6.46. The lowest BCUT2D eigenvalue weighted by molar-refractivity contribution is -0.147. The van der Waals surface area contributed by atoms with Crippen molar-refractivity contribution in [3.05, 3.63) is 34.9 Å². The van der Waals surface area contributed by atoms with Crippen LogP contribution in [0.15, 0.2) is 24.3 Å². The first-order chi connectivity index (χ1) is 11.5. The molecular formula is C17H21ClN2O4. The Balaban J connectivity index is 1.64. The van der Waals surface area contributed by atoms with Crippen molar-refractivity contribution in [2.45, 2.75) is 38.1 Å². The van der Waals surface area contributed by atoms with Crippen molar-refractivity contribution in [2.75, 3.05) is 13.2 Å². The number of rotatable bonds is 6. The Labute approximate surface area is 145 Å². The summed E-state index contributed by atoms with van der Waals surface area (Å²) in [6.07, 6.45) is 5.37. The monoisotopic (exact) mass is 352 g/mol. The lowest BCUT2D eigenvalue weighted by Crippen LogP contribution is -2.39. The summed E-state index contributed by atoms with van der Waals surface area (Å²) < 4.78 is 4.86. The van der Waals surface area contributed by atoms with Gasteiger partial charge in [0.05, 0.1) is 0 Å². The fourth-order valence-electron chi connectivity index (χ4n) is 2.57. The van der Waals surface area contributed by atoms with Crippen molar-refractivity contribution in [1.82, 2.24) is 10.6 Å². The number of esters is 1. The van der Waals surface area contributed by atoms with Crippen LogP contribution in [0.3, 0.4) is 0 Å². The van der Waals surface area contributed by atoms with Gasteiger partial charge in [-0.25, -0.2) is 0 Å². The van der Waals surface area contributed by atoms with Gasteiger partial charge in [-0.05, 0) is 37.1 Å². The second kappa shape index (κ2) is 9.27. The lowest BCUT2D eigenvalue weighted by Gasteiger charge is -2.22. The van der Waals surface area contributed by atoms with E-state index in [1.807, 2.05) is 0 Å². The minimum absolute atomic E-state index is 0.176. The van der Waals surface area contributed by atoms with Crippen LogP contribution < -0.4 is 10.6 Å². The first-order valence-corrected chi connectivity index (χ1v) is 8.41. The maximum absolute atomic E-state index is 11.8. The van der Waals surface area contributed by atoms with Crippen molar-refractivity contribution in [1.29, 1.82) is 0 Å². The van der Waals surface area contributed by atoms with Crippen molar-refractivity contribution in [2.24, 2.45) is 0 Å². The molecule has 0 heterocycles. The average Bonchev–Trinajstić information content (AvgIpc) is 2.59. The molecule has 1 aromatic rings. The Hall–Kier alpha value is -2.08. The zero-order valence-corrected chi connectivity index (χ0v) is 14.1. The summed E-state index contributed by atoms with van der Waals surface area (Å²) in [5.74, 6) is -1.37. The van der Waals surface area contributed by atoms with E-state index in [1.54, 1.807) is 24.3 Å². The smallest absolute Gasteiger partial charge is 0.325 e. The quantitative estimate of drug-likeness (QED) is 0.767. The minimum atomic E-state index is -0.656. The van der Waals surface area contributed by atoms with Gasteiger partial charge >= 0.3 is 5.97 Å². The third kappa shape index (κ3) is 6.20. The first-order valence-electron chi connectivity index (χ1n) is 8.03. The molecule has 0 unspecified atom stereocenters. The predicted octanol–water partition coefficient (Wildman–Crippen LogP) is 2.06. The molecule has 0 spiro atoms. The number of hydrogen-bond acceptors (Lipinski definition) is 4. The summed E-state index contributed by atoms with van der Waals surface area (Å²) in [6.45, 7) is -0.621. The van der Waals surface area contributed by atoms with Crippen molar-refractivity contribution >= 4 is 29.4 Å². The van der Waals surface area contributed by atoms with Crippen LogP contribution in [-0.4, -0.2) is 37.0 Å². The number of carbonyl (C=O) groups excluding carboxylic acids is 3. The molecule has 0 aliphatic heterocycles. The molecule has 1 aliphatic rings.